The predicted molar refractivity (Wildman–Crippen MR) is 111 cm³/mol. The van der Waals surface area contributed by atoms with Crippen LogP contribution in [0.25, 0.3) is 11.3 Å². The van der Waals surface area contributed by atoms with Crippen LogP contribution in [0, 0.1) is 0 Å². The Morgan fingerprint density at radius 3 is 1.71 bits per heavy atom. The first-order valence-corrected chi connectivity index (χ1v) is 9.92. The van der Waals surface area contributed by atoms with Crippen molar-refractivity contribution in [1.29, 1.82) is 0 Å². The summed E-state index contributed by atoms with van der Waals surface area (Å²) in [7, 11) is -1.69. The highest BCUT2D eigenvalue weighted by molar-refractivity contribution is 7.43. The first-order valence-electron chi connectivity index (χ1n) is 8.82. The van der Waals surface area contributed by atoms with E-state index in [4.69, 9.17) is 13.6 Å². The Morgan fingerprint density at radius 2 is 1.11 bits per heavy atom. The summed E-state index contributed by atoms with van der Waals surface area (Å²) in [6, 6.07) is 32.5. The zero-order valence-corrected chi connectivity index (χ0v) is 15.9. The Kier molecular flexibility index (Phi) is 5.81. The maximum absolute atomic E-state index is 6.08. The molecule has 3 aromatic carbocycles. The van der Waals surface area contributed by atoms with E-state index in [1.54, 1.807) is 6.20 Å². The normalized spacial score (nSPS) is 10.5. The van der Waals surface area contributed by atoms with Crippen LogP contribution in [0.2, 0.25) is 0 Å². The Morgan fingerprint density at radius 1 is 0.536 bits per heavy atom. The maximum atomic E-state index is 6.08. The smallest absolute Gasteiger partial charge is 0.409 e. The molecule has 1 heterocycles. The zero-order chi connectivity index (χ0) is 19.0. The quantitative estimate of drug-likeness (QED) is 0.339. The third-order valence-electron chi connectivity index (χ3n) is 3.82. The number of hydrogen-bond donors (Lipinski definition) is 0. The molecule has 0 bridgehead atoms. The standard InChI is InChI=1S/C23H18NO3P/c1-3-11-20(12-4-1)25-28(26-21-13-5-2-6-14-21)27-22-15-9-10-19(18-22)23-16-7-8-17-24-23/h1-18H. The summed E-state index contributed by atoms with van der Waals surface area (Å²) in [5.41, 5.74) is 1.85. The summed E-state index contributed by atoms with van der Waals surface area (Å²) in [5, 5.41) is 0. The predicted octanol–water partition coefficient (Wildman–Crippen LogP) is 6.51. The van der Waals surface area contributed by atoms with Crippen LogP contribution in [0.1, 0.15) is 0 Å². The van der Waals surface area contributed by atoms with Gasteiger partial charge in [-0.1, -0.05) is 54.6 Å². The fourth-order valence-electron chi connectivity index (χ4n) is 2.52. The van der Waals surface area contributed by atoms with Crippen molar-refractivity contribution in [2.24, 2.45) is 0 Å². The van der Waals surface area contributed by atoms with Crippen molar-refractivity contribution in [1.82, 2.24) is 4.98 Å². The third kappa shape index (κ3) is 4.87. The van der Waals surface area contributed by atoms with Gasteiger partial charge >= 0.3 is 8.60 Å². The molecule has 0 aliphatic carbocycles. The Labute approximate surface area is 165 Å². The molecule has 0 atom stereocenters. The van der Waals surface area contributed by atoms with E-state index in [0.29, 0.717) is 17.2 Å². The molecule has 0 aliphatic heterocycles. The Hall–Kier alpha value is -3.36. The number of nitrogens with zero attached hydrogens (tertiary/aromatic N) is 1. The van der Waals surface area contributed by atoms with Crippen LogP contribution in [0.5, 0.6) is 17.2 Å². The van der Waals surface area contributed by atoms with E-state index in [9.17, 15) is 0 Å². The highest BCUT2D eigenvalue weighted by Crippen LogP contribution is 2.42. The lowest BCUT2D eigenvalue weighted by atomic mass is 10.1. The molecule has 0 aliphatic rings. The monoisotopic (exact) mass is 387 g/mol. The molecule has 4 rings (SSSR count). The van der Waals surface area contributed by atoms with Crippen LogP contribution in [0.3, 0.4) is 0 Å². The van der Waals surface area contributed by atoms with Gasteiger partial charge in [-0.2, -0.15) is 0 Å². The van der Waals surface area contributed by atoms with Gasteiger partial charge in [0.15, 0.2) is 0 Å². The van der Waals surface area contributed by atoms with E-state index in [-0.39, 0.29) is 0 Å². The topological polar surface area (TPSA) is 40.6 Å². The van der Waals surface area contributed by atoms with Crippen molar-refractivity contribution in [3.63, 3.8) is 0 Å². The molecular formula is C23H18NO3P. The molecule has 0 unspecified atom stereocenters. The van der Waals surface area contributed by atoms with Gasteiger partial charge in [-0.15, -0.1) is 0 Å². The Balaban J connectivity index is 1.56. The van der Waals surface area contributed by atoms with Crippen LogP contribution in [-0.2, 0) is 0 Å². The van der Waals surface area contributed by atoms with Gasteiger partial charge in [0.1, 0.15) is 17.2 Å². The van der Waals surface area contributed by atoms with Crippen molar-refractivity contribution in [3.8, 4) is 28.5 Å². The fourth-order valence-corrected chi connectivity index (χ4v) is 3.51. The summed E-state index contributed by atoms with van der Waals surface area (Å²) in [5.74, 6) is 2.02. The molecule has 0 spiro atoms. The molecular weight excluding hydrogens is 369 g/mol. The first kappa shape index (κ1) is 18.0. The number of pyridine rings is 1. The van der Waals surface area contributed by atoms with Crippen molar-refractivity contribution in [2.75, 3.05) is 0 Å². The second-order valence-corrected chi connectivity index (χ2v) is 6.86. The van der Waals surface area contributed by atoms with Gasteiger partial charge < -0.3 is 13.6 Å². The van der Waals surface area contributed by atoms with Gasteiger partial charge in [-0.3, -0.25) is 4.98 Å². The van der Waals surface area contributed by atoms with Gasteiger partial charge in [0.25, 0.3) is 0 Å². The fraction of sp³-hybridized carbons (Fsp3) is 0. The van der Waals surface area contributed by atoms with E-state index in [2.05, 4.69) is 4.98 Å². The largest absolute Gasteiger partial charge is 0.530 e. The van der Waals surface area contributed by atoms with E-state index in [0.717, 1.165) is 11.3 Å². The van der Waals surface area contributed by atoms with Crippen LogP contribution in [0.15, 0.2) is 109 Å². The van der Waals surface area contributed by atoms with Gasteiger partial charge in [-0.05, 0) is 48.5 Å². The van der Waals surface area contributed by atoms with Gasteiger partial charge in [-0.25, -0.2) is 0 Å². The van der Waals surface area contributed by atoms with Gasteiger partial charge in [0.05, 0.1) is 5.69 Å². The van der Waals surface area contributed by atoms with Crippen LogP contribution in [-0.4, -0.2) is 4.98 Å². The molecule has 28 heavy (non-hydrogen) atoms. The number of aromatic nitrogens is 1. The van der Waals surface area contributed by atoms with E-state index in [1.165, 1.54) is 0 Å². The molecule has 0 N–H and O–H groups in total. The Bertz CT molecular complexity index is 956. The van der Waals surface area contributed by atoms with Crippen molar-refractivity contribution in [3.05, 3.63) is 109 Å². The van der Waals surface area contributed by atoms with Crippen LogP contribution < -0.4 is 13.6 Å². The van der Waals surface area contributed by atoms with Crippen molar-refractivity contribution in [2.45, 2.75) is 0 Å². The molecule has 0 amide bonds. The second-order valence-electron chi connectivity index (χ2n) is 5.87. The van der Waals surface area contributed by atoms with E-state index in [1.807, 2.05) is 103 Å². The van der Waals surface area contributed by atoms with Gasteiger partial charge in [0, 0.05) is 11.8 Å². The van der Waals surface area contributed by atoms with Crippen molar-refractivity contribution < 1.29 is 13.6 Å². The number of hydrogen-bond acceptors (Lipinski definition) is 4. The number of para-hydroxylation sites is 2. The third-order valence-corrected chi connectivity index (χ3v) is 4.90. The molecule has 0 saturated heterocycles. The molecule has 0 saturated carbocycles. The minimum Gasteiger partial charge on any atom is -0.409 e. The minimum absolute atomic E-state index is 0.654. The lowest BCUT2D eigenvalue weighted by Crippen LogP contribution is -2.02. The second kappa shape index (κ2) is 9.03. The van der Waals surface area contributed by atoms with Crippen LogP contribution >= 0.6 is 8.60 Å². The minimum atomic E-state index is -1.69. The van der Waals surface area contributed by atoms with E-state index >= 15 is 0 Å². The molecule has 4 nitrogen and oxygen atoms in total. The molecule has 0 fully saturated rings. The summed E-state index contributed by atoms with van der Waals surface area (Å²) in [4.78, 5) is 4.39. The summed E-state index contributed by atoms with van der Waals surface area (Å²) in [6.07, 6.45) is 1.77. The summed E-state index contributed by atoms with van der Waals surface area (Å²) >= 11 is 0. The number of rotatable bonds is 7. The van der Waals surface area contributed by atoms with Gasteiger partial charge in [0.2, 0.25) is 0 Å². The molecule has 138 valence electrons. The lowest BCUT2D eigenvalue weighted by molar-refractivity contribution is 0.388. The summed E-state index contributed by atoms with van der Waals surface area (Å²) in [6.45, 7) is 0. The average Bonchev–Trinajstić information content (AvgIpc) is 2.76. The van der Waals surface area contributed by atoms with E-state index < -0.39 is 8.60 Å². The molecule has 5 heteroatoms. The molecule has 1 aromatic heterocycles. The highest BCUT2D eigenvalue weighted by Gasteiger charge is 2.20. The maximum Gasteiger partial charge on any atom is 0.530 e. The first-order chi connectivity index (χ1) is 13.9. The SMILES string of the molecule is c1ccc(OP(Oc2ccccc2)Oc2cccc(-c3ccccn3)c2)cc1. The average molecular weight is 387 g/mol. The van der Waals surface area contributed by atoms with Crippen molar-refractivity contribution >= 4 is 8.60 Å². The highest BCUT2D eigenvalue weighted by atomic mass is 31.2. The molecule has 0 radical (unpaired) electrons. The molecule has 4 aromatic rings. The van der Waals surface area contributed by atoms with Crippen LogP contribution in [0.4, 0.5) is 0 Å². The number of benzene rings is 3. The summed E-state index contributed by atoms with van der Waals surface area (Å²) < 4.78 is 18.0. The zero-order valence-electron chi connectivity index (χ0n) is 15.0. The lowest BCUT2D eigenvalue weighted by Gasteiger charge is -2.18.